The van der Waals surface area contributed by atoms with Crippen LogP contribution in [0.1, 0.15) is 23.7 Å². The molecule has 0 aliphatic heterocycles. The van der Waals surface area contributed by atoms with Crippen molar-refractivity contribution in [2.24, 2.45) is 0 Å². The first kappa shape index (κ1) is 14.8. The SMILES string of the molecule is CCNCc1ccc(COc2cc(C)ccc2Cl)nc1. The van der Waals surface area contributed by atoms with Crippen LogP contribution in [0, 0.1) is 6.92 Å². The molecule has 106 valence electrons. The summed E-state index contributed by atoms with van der Waals surface area (Å²) in [6.45, 7) is 6.31. The summed E-state index contributed by atoms with van der Waals surface area (Å²) < 4.78 is 5.71. The molecular formula is C16H19ClN2O. The van der Waals surface area contributed by atoms with Crippen LogP contribution in [0.2, 0.25) is 5.02 Å². The number of aryl methyl sites for hydroxylation is 1. The highest BCUT2D eigenvalue weighted by molar-refractivity contribution is 6.32. The summed E-state index contributed by atoms with van der Waals surface area (Å²) in [5.74, 6) is 0.699. The van der Waals surface area contributed by atoms with Gasteiger partial charge in [0.25, 0.3) is 0 Å². The molecule has 3 nitrogen and oxygen atoms in total. The largest absolute Gasteiger partial charge is 0.486 e. The summed E-state index contributed by atoms with van der Waals surface area (Å²) in [5, 5.41) is 3.89. The van der Waals surface area contributed by atoms with Crippen molar-refractivity contribution in [1.29, 1.82) is 0 Å². The van der Waals surface area contributed by atoms with Crippen molar-refractivity contribution in [1.82, 2.24) is 10.3 Å². The smallest absolute Gasteiger partial charge is 0.138 e. The van der Waals surface area contributed by atoms with E-state index in [1.807, 2.05) is 37.4 Å². The van der Waals surface area contributed by atoms with Gasteiger partial charge in [-0.1, -0.05) is 30.7 Å². The molecule has 0 bridgehead atoms. The van der Waals surface area contributed by atoms with Crippen molar-refractivity contribution in [3.05, 3.63) is 58.4 Å². The van der Waals surface area contributed by atoms with Gasteiger partial charge in [0, 0.05) is 12.7 Å². The van der Waals surface area contributed by atoms with Crippen LogP contribution in [0.25, 0.3) is 0 Å². The van der Waals surface area contributed by atoms with Gasteiger partial charge in [0.2, 0.25) is 0 Å². The molecule has 0 amide bonds. The van der Waals surface area contributed by atoms with Gasteiger partial charge in [-0.15, -0.1) is 0 Å². The molecule has 0 atom stereocenters. The fraction of sp³-hybridized carbons (Fsp3) is 0.312. The minimum Gasteiger partial charge on any atom is -0.486 e. The summed E-state index contributed by atoms with van der Waals surface area (Å²) in [4.78, 5) is 4.39. The lowest BCUT2D eigenvalue weighted by Gasteiger charge is -2.09. The Bertz CT molecular complexity index is 555. The van der Waals surface area contributed by atoms with Gasteiger partial charge in [-0.25, -0.2) is 0 Å². The van der Waals surface area contributed by atoms with Gasteiger partial charge in [0.05, 0.1) is 10.7 Å². The number of aromatic nitrogens is 1. The maximum atomic E-state index is 6.09. The second kappa shape index (κ2) is 7.27. The van der Waals surface area contributed by atoms with E-state index in [0.29, 0.717) is 17.4 Å². The molecule has 1 aromatic heterocycles. The molecule has 4 heteroatoms. The molecule has 0 unspecified atom stereocenters. The predicted molar refractivity (Wildman–Crippen MR) is 82.1 cm³/mol. The fourth-order valence-corrected chi connectivity index (χ4v) is 1.96. The molecule has 1 aromatic carbocycles. The zero-order valence-electron chi connectivity index (χ0n) is 11.8. The van der Waals surface area contributed by atoms with E-state index in [2.05, 4.69) is 23.3 Å². The summed E-state index contributed by atoms with van der Waals surface area (Å²) in [6, 6.07) is 9.78. The van der Waals surface area contributed by atoms with Crippen molar-refractivity contribution in [3.8, 4) is 5.75 Å². The lowest BCUT2D eigenvalue weighted by atomic mass is 10.2. The summed E-state index contributed by atoms with van der Waals surface area (Å²) in [6.07, 6.45) is 1.87. The molecule has 0 radical (unpaired) electrons. The summed E-state index contributed by atoms with van der Waals surface area (Å²) >= 11 is 6.09. The Labute approximate surface area is 124 Å². The third-order valence-electron chi connectivity index (χ3n) is 2.93. The molecule has 0 saturated carbocycles. The molecule has 0 saturated heterocycles. The summed E-state index contributed by atoms with van der Waals surface area (Å²) in [7, 11) is 0. The molecule has 0 aliphatic carbocycles. The van der Waals surface area contributed by atoms with E-state index in [9.17, 15) is 0 Å². The van der Waals surface area contributed by atoms with E-state index in [0.717, 1.165) is 24.3 Å². The van der Waals surface area contributed by atoms with Crippen LogP contribution in [0.5, 0.6) is 5.75 Å². The molecule has 0 aliphatic rings. The van der Waals surface area contributed by atoms with Crippen LogP contribution in [0.4, 0.5) is 0 Å². The Morgan fingerprint density at radius 3 is 2.80 bits per heavy atom. The van der Waals surface area contributed by atoms with Gasteiger partial charge < -0.3 is 10.1 Å². The van der Waals surface area contributed by atoms with E-state index in [1.165, 1.54) is 5.56 Å². The highest BCUT2D eigenvalue weighted by Crippen LogP contribution is 2.25. The average Bonchev–Trinajstić information content (AvgIpc) is 2.47. The van der Waals surface area contributed by atoms with E-state index in [1.54, 1.807) is 0 Å². The average molecular weight is 291 g/mol. The Morgan fingerprint density at radius 2 is 2.10 bits per heavy atom. The standard InChI is InChI=1S/C16H19ClN2O/c1-3-18-9-13-5-6-14(19-10-13)11-20-16-8-12(2)4-7-15(16)17/h4-8,10,18H,3,9,11H2,1-2H3. The Balaban J connectivity index is 1.95. The maximum absolute atomic E-state index is 6.09. The first-order valence-electron chi connectivity index (χ1n) is 6.72. The predicted octanol–water partition coefficient (Wildman–Crippen LogP) is 3.73. The van der Waals surface area contributed by atoms with Crippen LogP contribution in [-0.4, -0.2) is 11.5 Å². The van der Waals surface area contributed by atoms with Gasteiger partial charge in [-0.05, 0) is 42.8 Å². The minimum atomic E-state index is 0.421. The zero-order valence-corrected chi connectivity index (χ0v) is 12.6. The molecule has 2 rings (SSSR count). The van der Waals surface area contributed by atoms with Gasteiger partial charge in [0.1, 0.15) is 12.4 Å². The van der Waals surface area contributed by atoms with E-state index < -0.39 is 0 Å². The number of pyridine rings is 1. The number of ether oxygens (including phenoxy) is 1. The second-order valence-electron chi connectivity index (χ2n) is 4.66. The lowest BCUT2D eigenvalue weighted by Crippen LogP contribution is -2.12. The van der Waals surface area contributed by atoms with Crippen molar-refractivity contribution >= 4 is 11.6 Å². The van der Waals surface area contributed by atoms with Crippen LogP contribution in [-0.2, 0) is 13.2 Å². The van der Waals surface area contributed by atoms with Gasteiger partial charge in [0.15, 0.2) is 0 Å². The van der Waals surface area contributed by atoms with Crippen LogP contribution in [0.15, 0.2) is 36.5 Å². The van der Waals surface area contributed by atoms with Crippen molar-refractivity contribution < 1.29 is 4.74 Å². The van der Waals surface area contributed by atoms with Crippen LogP contribution < -0.4 is 10.1 Å². The number of halogens is 1. The summed E-state index contributed by atoms with van der Waals surface area (Å²) in [5.41, 5.74) is 3.19. The van der Waals surface area contributed by atoms with Crippen LogP contribution in [0.3, 0.4) is 0 Å². The van der Waals surface area contributed by atoms with E-state index >= 15 is 0 Å². The number of hydrogen-bond acceptors (Lipinski definition) is 3. The lowest BCUT2D eigenvalue weighted by molar-refractivity contribution is 0.301. The third-order valence-corrected chi connectivity index (χ3v) is 3.24. The Morgan fingerprint density at radius 1 is 1.25 bits per heavy atom. The number of nitrogens with one attached hydrogen (secondary N) is 1. The van der Waals surface area contributed by atoms with E-state index in [4.69, 9.17) is 16.3 Å². The molecular weight excluding hydrogens is 272 g/mol. The highest BCUT2D eigenvalue weighted by atomic mass is 35.5. The van der Waals surface area contributed by atoms with Crippen molar-refractivity contribution in [3.63, 3.8) is 0 Å². The highest BCUT2D eigenvalue weighted by Gasteiger charge is 2.03. The van der Waals surface area contributed by atoms with Gasteiger partial charge in [-0.2, -0.15) is 0 Å². The molecule has 20 heavy (non-hydrogen) atoms. The van der Waals surface area contributed by atoms with E-state index in [-0.39, 0.29) is 0 Å². The fourth-order valence-electron chi connectivity index (χ4n) is 1.79. The first-order valence-corrected chi connectivity index (χ1v) is 7.10. The normalized spacial score (nSPS) is 10.6. The van der Waals surface area contributed by atoms with Crippen molar-refractivity contribution in [2.45, 2.75) is 27.0 Å². The maximum Gasteiger partial charge on any atom is 0.138 e. The number of hydrogen-bond donors (Lipinski definition) is 1. The molecule has 1 heterocycles. The van der Waals surface area contributed by atoms with Crippen molar-refractivity contribution in [2.75, 3.05) is 6.54 Å². The molecule has 1 N–H and O–H groups in total. The monoisotopic (exact) mass is 290 g/mol. The van der Waals surface area contributed by atoms with Gasteiger partial charge >= 0.3 is 0 Å². The second-order valence-corrected chi connectivity index (χ2v) is 5.07. The third kappa shape index (κ3) is 4.22. The molecule has 2 aromatic rings. The minimum absolute atomic E-state index is 0.421. The van der Waals surface area contributed by atoms with Crippen LogP contribution >= 0.6 is 11.6 Å². The van der Waals surface area contributed by atoms with Gasteiger partial charge in [-0.3, -0.25) is 4.98 Å². The number of nitrogens with zero attached hydrogens (tertiary/aromatic N) is 1. The molecule has 0 fully saturated rings. The quantitative estimate of drug-likeness (QED) is 0.880. The number of benzene rings is 1. The topological polar surface area (TPSA) is 34.1 Å². The number of rotatable bonds is 6. The molecule has 0 spiro atoms. The Hall–Kier alpha value is -1.58. The Kier molecular flexibility index (Phi) is 5.39. The zero-order chi connectivity index (χ0) is 14.4. The first-order chi connectivity index (χ1) is 9.69.